The van der Waals surface area contributed by atoms with E-state index in [1.165, 1.54) is 22.7 Å². The van der Waals surface area contributed by atoms with Gasteiger partial charge in [0.2, 0.25) is 0 Å². The van der Waals surface area contributed by atoms with Crippen LogP contribution in [0.4, 0.5) is 37.0 Å². The van der Waals surface area contributed by atoms with E-state index in [1.54, 1.807) is 18.6 Å². The predicted molar refractivity (Wildman–Crippen MR) is 146 cm³/mol. The molecule has 42 heavy (non-hydrogen) atoms. The van der Waals surface area contributed by atoms with E-state index in [1.807, 2.05) is 18.4 Å². The summed E-state index contributed by atoms with van der Waals surface area (Å²) in [7, 11) is 0. The fraction of sp³-hybridized carbons (Fsp3) is 0.483. The number of ether oxygens (including phenoxy) is 1. The Kier molecular flexibility index (Phi) is 8.41. The first-order valence-corrected chi connectivity index (χ1v) is 14.7. The molecule has 0 bridgehead atoms. The van der Waals surface area contributed by atoms with Crippen LogP contribution in [0, 0.1) is 0 Å². The molecule has 2 aromatic heterocycles. The second kappa shape index (κ2) is 11.7. The fourth-order valence-electron chi connectivity index (χ4n) is 5.83. The van der Waals surface area contributed by atoms with Gasteiger partial charge in [-0.1, -0.05) is 19.3 Å². The molecule has 3 heterocycles. The summed E-state index contributed by atoms with van der Waals surface area (Å²) in [6.07, 6.45) is -5.08. The van der Waals surface area contributed by atoms with Gasteiger partial charge in [0.15, 0.2) is 0 Å². The summed E-state index contributed by atoms with van der Waals surface area (Å²) in [5, 5.41) is 1.87. The number of carbonyl (C=O) groups excluding carboxylic acids is 1. The van der Waals surface area contributed by atoms with E-state index in [4.69, 9.17) is 9.72 Å². The van der Waals surface area contributed by atoms with Gasteiger partial charge >= 0.3 is 18.4 Å². The summed E-state index contributed by atoms with van der Waals surface area (Å²) in [6, 6.07) is 2.59. The van der Waals surface area contributed by atoms with Crippen molar-refractivity contribution in [2.75, 3.05) is 11.4 Å². The van der Waals surface area contributed by atoms with E-state index in [-0.39, 0.29) is 24.2 Å². The number of benzene rings is 1. The van der Waals surface area contributed by atoms with Gasteiger partial charge in [-0.05, 0) is 56.5 Å². The Morgan fingerprint density at radius 2 is 1.67 bits per heavy atom. The number of carbonyl (C=O) groups is 1. The Morgan fingerprint density at radius 3 is 2.24 bits per heavy atom. The predicted octanol–water partition coefficient (Wildman–Crippen LogP) is 8.48. The Hall–Kier alpha value is -3.35. The molecule has 2 fully saturated rings. The molecule has 1 aromatic carbocycles. The van der Waals surface area contributed by atoms with Crippen LogP contribution in [0.1, 0.15) is 74.3 Å². The number of amides is 1. The van der Waals surface area contributed by atoms with Crippen molar-refractivity contribution in [3.63, 3.8) is 0 Å². The molecular formula is C29H30F6N4O2S. The number of cyclic esters (lactones) is 1. The minimum absolute atomic E-state index is 0.00508. The second-order valence-electron chi connectivity index (χ2n) is 10.7. The van der Waals surface area contributed by atoms with Crippen LogP contribution < -0.4 is 4.90 Å². The monoisotopic (exact) mass is 612 g/mol. The number of thiazole rings is 1. The van der Waals surface area contributed by atoms with Crippen molar-refractivity contribution >= 4 is 23.2 Å². The number of alkyl halides is 6. The third-order valence-electron chi connectivity index (χ3n) is 7.97. The summed E-state index contributed by atoms with van der Waals surface area (Å²) in [5.74, 6) is 0.685. The van der Waals surface area contributed by atoms with Crippen LogP contribution in [0.15, 0.2) is 41.4 Å². The maximum absolute atomic E-state index is 13.5. The first kappa shape index (κ1) is 30.1. The summed E-state index contributed by atoms with van der Waals surface area (Å²) in [5.41, 5.74) is 0.548. The lowest BCUT2D eigenvalue weighted by Gasteiger charge is -2.36. The first-order valence-electron chi connectivity index (χ1n) is 13.8. The zero-order valence-corrected chi connectivity index (χ0v) is 23.8. The number of pyridine rings is 1. The Labute approximate surface area is 243 Å². The zero-order valence-electron chi connectivity index (χ0n) is 23.0. The van der Waals surface area contributed by atoms with Crippen LogP contribution in [0.2, 0.25) is 0 Å². The molecule has 1 aliphatic carbocycles. The fourth-order valence-corrected chi connectivity index (χ4v) is 6.39. The Morgan fingerprint density at radius 1 is 1.00 bits per heavy atom. The lowest BCUT2D eigenvalue weighted by Crippen LogP contribution is -2.39. The number of aromatic nitrogens is 2. The van der Waals surface area contributed by atoms with Gasteiger partial charge in [-0.25, -0.2) is 14.8 Å². The number of anilines is 1. The third-order valence-corrected chi connectivity index (χ3v) is 8.56. The maximum Gasteiger partial charge on any atom is 0.416 e. The number of halogens is 6. The summed E-state index contributed by atoms with van der Waals surface area (Å²) in [6.45, 7) is 4.27. The van der Waals surface area contributed by atoms with Crippen molar-refractivity contribution in [3.05, 3.63) is 63.6 Å². The van der Waals surface area contributed by atoms with Gasteiger partial charge in [0.25, 0.3) is 0 Å². The van der Waals surface area contributed by atoms with Gasteiger partial charge in [0.05, 0.1) is 34.9 Å². The van der Waals surface area contributed by atoms with Crippen molar-refractivity contribution in [1.29, 1.82) is 0 Å². The number of hydrogen-bond donors (Lipinski definition) is 0. The first-order chi connectivity index (χ1) is 19.9. The average Bonchev–Trinajstić information content (AvgIpc) is 3.58. The van der Waals surface area contributed by atoms with E-state index in [2.05, 4.69) is 9.88 Å². The van der Waals surface area contributed by atoms with Crippen LogP contribution in [-0.4, -0.2) is 39.6 Å². The number of hydrogen-bond acceptors (Lipinski definition) is 6. The second-order valence-corrected chi connectivity index (χ2v) is 11.4. The van der Waals surface area contributed by atoms with Gasteiger partial charge in [-0.3, -0.25) is 4.90 Å². The van der Waals surface area contributed by atoms with Crippen LogP contribution in [0.5, 0.6) is 0 Å². The summed E-state index contributed by atoms with van der Waals surface area (Å²) < 4.78 is 86.6. The van der Waals surface area contributed by atoms with Crippen molar-refractivity contribution in [2.24, 2.45) is 0 Å². The van der Waals surface area contributed by atoms with Crippen LogP contribution in [0.3, 0.4) is 0 Å². The van der Waals surface area contributed by atoms with Crippen molar-refractivity contribution in [1.82, 2.24) is 14.9 Å². The highest BCUT2D eigenvalue weighted by atomic mass is 32.1. The van der Waals surface area contributed by atoms with Crippen LogP contribution >= 0.6 is 11.3 Å². The molecule has 13 heteroatoms. The van der Waals surface area contributed by atoms with E-state index < -0.39 is 41.7 Å². The molecule has 3 aromatic rings. The minimum atomic E-state index is -5.01. The SMILES string of the molecule is CCN(c1ncc(-c2cscn2)cc1CN1C(=O)O[C@H](c2cc(C(F)(F)F)cc(C(F)(F)F)c2)[C@@H]1C)C1CCCCC1. The highest BCUT2D eigenvalue weighted by Gasteiger charge is 2.43. The van der Waals surface area contributed by atoms with Gasteiger partial charge in [0.1, 0.15) is 11.9 Å². The molecule has 0 radical (unpaired) electrons. The van der Waals surface area contributed by atoms with Crippen molar-refractivity contribution < 1.29 is 35.9 Å². The molecule has 0 unspecified atom stereocenters. The highest BCUT2D eigenvalue weighted by molar-refractivity contribution is 7.07. The molecule has 1 saturated carbocycles. The minimum Gasteiger partial charge on any atom is -0.439 e. The number of rotatable bonds is 7. The van der Waals surface area contributed by atoms with Gasteiger partial charge in [-0.15, -0.1) is 11.3 Å². The van der Waals surface area contributed by atoms with Crippen LogP contribution in [0.25, 0.3) is 11.3 Å². The van der Waals surface area contributed by atoms with Crippen LogP contribution in [-0.2, 0) is 23.6 Å². The molecule has 0 N–H and O–H groups in total. The van der Waals surface area contributed by atoms with E-state index in [0.29, 0.717) is 35.8 Å². The summed E-state index contributed by atoms with van der Waals surface area (Å²) in [4.78, 5) is 25.8. The highest BCUT2D eigenvalue weighted by Crippen LogP contribution is 2.42. The quantitative estimate of drug-likeness (QED) is 0.251. The average molecular weight is 613 g/mol. The molecule has 5 rings (SSSR count). The Balaban J connectivity index is 1.50. The normalized spacial score (nSPS) is 20.2. The van der Waals surface area contributed by atoms with Crippen molar-refractivity contribution in [3.8, 4) is 11.3 Å². The maximum atomic E-state index is 13.5. The van der Waals surface area contributed by atoms with Gasteiger partial charge < -0.3 is 9.64 Å². The zero-order chi connectivity index (χ0) is 30.2. The molecule has 2 aliphatic rings. The molecule has 1 amide bonds. The lowest BCUT2D eigenvalue weighted by molar-refractivity contribution is -0.143. The largest absolute Gasteiger partial charge is 0.439 e. The number of nitrogens with zero attached hydrogens (tertiary/aromatic N) is 4. The summed E-state index contributed by atoms with van der Waals surface area (Å²) >= 11 is 1.42. The molecule has 1 aliphatic heterocycles. The third kappa shape index (κ3) is 6.20. The molecule has 1 saturated heterocycles. The smallest absolute Gasteiger partial charge is 0.416 e. The molecule has 0 spiro atoms. The standard InChI is InChI=1S/C29H30F6N4O2S/c1-3-38(23-7-5-4-6-8-23)26-20(9-19(13-36-26)24-15-42-16-37-24)14-39-17(2)25(41-27(39)40)18-10-21(28(30,31)32)12-22(11-18)29(33,34)35/h9-13,15-17,23,25H,3-8,14H2,1-2H3/t17-,25-/m0/s1. The molecular weight excluding hydrogens is 582 g/mol. The Bertz CT molecular complexity index is 1370. The molecule has 2 atom stereocenters. The van der Waals surface area contributed by atoms with E-state index in [9.17, 15) is 31.1 Å². The lowest BCUT2D eigenvalue weighted by atomic mass is 9.93. The van der Waals surface area contributed by atoms with E-state index >= 15 is 0 Å². The van der Waals surface area contributed by atoms with E-state index in [0.717, 1.165) is 31.2 Å². The topological polar surface area (TPSA) is 58.6 Å². The molecule has 6 nitrogen and oxygen atoms in total. The van der Waals surface area contributed by atoms with Gasteiger partial charge in [-0.2, -0.15) is 26.3 Å². The molecule has 226 valence electrons. The van der Waals surface area contributed by atoms with Gasteiger partial charge in [0, 0.05) is 35.3 Å². The van der Waals surface area contributed by atoms with Crippen molar-refractivity contribution in [2.45, 2.75) is 83.0 Å².